The number of nitrogens with one attached hydrogen (secondary N) is 1. The van der Waals surface area contributed by atoms with Crippen molar-refractivity contribution in [2.24, 2.45) is 0 Å². The van der Waals surface area contributed by atoms with E-state index in [4.69, 9.17) is 8.92 Å². The Morgan fingerprint density at radius 2 is 1.81 bits per heavy atom. The highest BCUT2D eigenvalue weighted by molar-refractivity contribution is 7.93. The first-order valence-corrected chi connectivity index (χ1v) is 14.2. The van der Waals surface area contributed by atoms with Gasteiger partial charge < -0.3 is 8.92 Å². The fraction of sp³-hybridized carbons (Fsp3) is 0.182. The molecule has 2 aromatic carbocycles. The van der Waals surface area contributed by atoms with Crippen LogP contribution in [0.25, 0.3) is 6.08 Å². The molecule has 0 aliphatic carbocycles. The van der Waals surface area contributed by atoms with Crippen LogP contribution in [0.2, 0.25) is 0 Å². The minimum Gasteiger partial charge on any atom is -0.490 e. The van der Waals surface area contributed by atoms with Crippen LogP contribution in [0.3, 0.4) is 0 Å². The summed E-state index contributed by atoms with van der Waals surface area (Å²) in [6.45, 7) is 3.34. The van der Waals surface area contributed by atoms with E-state index < -0.39 is 25.9 Å². The molecule has 1 aromatic heterocycles. The van der Waals surface area contributed by atoms with Gasteiger partial charge in [-0.1, -0.05) is 42.5 Å². The van der Waals surface area contributed by atoms with Crippen LogP contribution in [0, 0.1) is 11.3 Å². The van der Waals surface area contributed by atoms with Gasteiger partial charge in [-0.05, 0) is 42.8 Å². The topological polar surface area (TPSA) is 165 Å². The molecule has 11 nitrogen and oxygen atoms in total. The molecule has 1 N–H and O–H groups in total. The van der Waals surface area contributed by atoms with E-state index in [9.17, 15) is 26.9 Å². The van der Waals surface area contributed by atoms with E-state index in [1.54, 1.807) is 31.2 Å². The number of hydrogen-bond acceptors (Lipinski definition) is 11. The van der Waals surface area contributed by atoms with Gasteiger partial charge in [-0.2, -0.15) is 13.7 Å². The molecule has 1 amide bonds. The summed E-state index contributed by atoms with van der Waals surface area (Å²) in [5.74, 6) is -0.992. The van der Waals surface area contributed by atoms with Gasteiger partial charge in [0.1, 0.15) is 16.5 Å². The Morgan fingerprint density at radius 3 is 2.44 bits per heavy atom. The highest BCUT2D eigenvalue weighted by atomic mass is 32.2. The summed E-state index contributed by atoms with van der Waals surface area (Å²) < 4.78 is 59.4. The Kier molecular flexibility index (Phi) is 8.41. The van der Waals surface area contributed by atoms with E-state index in [0.29, 0.717) is 16.9 Å². The third-order valence-corrected chi connectivity index (χ3v) is 8.72. The second-order valence-corrected chi connectivity index (χ2v) is 11.9. The Labute approximate surface area is 212 Å². The number of aromatic nitrogens is 2. The normalized spacial score (nSPS) is 12.0. The zero-order valence-electron chi connectivity index (χ0n) is 19.0. The van der Waals surface area contributed by atoms with Gasteiger partial charge in [0.2, 0.25) is 19.3 Å². The van der Waals surface area contributed by atoms with E-state index in [1.807, 2.05) is 0 Å². The highest BCUT2D eigenvalue weighted by Crippen LogP contribution is 2.32. The lowest BCUT2D eigenvalue weighted by Gasteiger charge is -2.12. The van der Waals surface area contributed by atoms with Crippen molar-refractivity contribution in [1.82, 2.24) is 10.2 Å². The highest BCUT2D eigenvalue weighted by Gasteiger charge is 2.21. The van der Waals surface area contributed by atoms with Gasteiger partial charge in [0, 0.05) is 0 Å². The molecule has 0 unspecified atom stereocenters. The fourth-order valence-electron chi connectivity index (χ4n) is 2.69. The summed E-state index contributed by atoms with van der Waals surface area (Å²) in [4.78, 5) is 12.5. The van der Waals surface area contributed by atoms with Crippen molar-refractivity contribution in [1.29, 1.82) is 5.26 Å². The number of carbonyl (C=O) groups is 1. The molecule has 0 aliphatic rings. The number of ether oxygens (including phenoxy) is 1. The van der Waals surface area contributed by atoms with Crippen LogP contribution < -0.4 is 14.2 Å². The summed E-state index contributed by atoms with van der Waals surface area (Å²) in [5.41, 5.74) is 0.0271. The van der Waals surface area contributed by atoms with E-state index in [0.717, 1.165) is 0 Å². The Balaban J connectivity index is 1.85. The van der Waals surface area contributed by atoms with Crippen LogP contribution in [0.4, 0.5) is 5.13 Å². The molecule has 3 rings (SSSR count). The van der Waals surface area contributed by atoms with Crippen LogP contribution in [0.1, 0.15) is 19.4 Å². The minimum atomic E-state index is -4.12. The number of rotatable bonds is 10. The quantitative estimate of drug-likeness (QED) is 0.172. The van der Waals surface area contributed by atoms with E-state index in [1.165, 1.54) is 43.3 Å². The number of carbonyl (C=O) groups excluding carboxylic acids is 1. The maximum absolute atomic E-state index is 12.6. The molecule has 14 heteroatoms. The number of hydrogen-bond donors (Lipinski definition) is 1. The lowest BCUT2D eigenvalue weighted by molar-refractivity contribution is -0.112. The van der Waals surface area contributed by atoms with Gasteiger partial charge in [-0.15, -0.1) is 10.2 Å². The van der Waals surface area contributed by atoms with Crippen molar-refractivity contribution in [2.75, 3.05) is 17.7 Å². The molecule has 188 valence electrons. The second-order valence-electron chi connectivity index (χ2n) is 6.89. The number of anilines is 1. The molecule has 0 atom stereocenters. The van der Waals surface area contributed by atoms with Crippen LogP contribution in [0.5, 0.6) is 11.5 Å². The molecule has 0 fully saturated rings. The van der Waals surface area contributed by atoms with Crippen molar-refractivity contribution in [3.05, 3.63) is 59.7 Å². The molecule has 0 radical (unpaired) electrons. The van der Waals surface area contributed by atoms with Gasteiger partial charge in [0.25, 0.3) is 5.91 Å². The van der Waals surface area contributed by atoms with Gasteiger partial charge >= 0.3 is 10.1 Å². The molecular weight excluding hydrogens is 528 g/mol. The standard InChI is InChI=1S/C22H20N4O7S3/c1-3-32-19-13-15(10-11-18(19)33-36(30,31)17-8-6-5-7-9-17)12-16(14-23)20(27)24-21-25-26-22(34-21)35(28,29)4-2/h5-13H,3-4H2,1-2H3,(H,24,25,27). The smallest absolute Gasteiger partial charge is 0.339 e. The fourth-order valence-corrected chi connectivity index (χ4v) is 5.64. The first-order valence-electron chi connectivity index (χ1n) is 10.4. The van der Waals surface area contributed by atoms with Crippen molar-refractivity contribution in [3.8, 4) is 17.6 Å². The largest absolute Gasteiger partial charge is 0.490 e. The summed E-state index contributed by atoms with van der Waals surface area (Å²) in [6.07, 6.45) is 1.25. The molecule has 0 saturated carbocycles. The van der Waals surface area contributed by atoms with E-state index in [-0.39, 0.29) is 43.8 Å². The SMILES string of the molecule is CCOc1cc(C=C(C#N)C(=O)Nc2nnc(S(=O)(=O)CC)s2)ccc1OS(=O)(=O)c1ccccc1. The summed E-state index contributed by atoms with van der Waals surface area (Å²) in [7, 11) is -7.71. The predicted molar refractivity (Wildman–Crippen MR) is 132 cm³/mol. The average molecular weight is 549 g/mol. The molecule has 3 aromatic rings. The zero-order chi connectivity index (χ0) is 26.3. The molecule has 0 spiro atoms. The molecule has 1 heterocycles. The van der Waals surface area contributed by atoms with Crippen LogP contribution in [0.15, 0.2) is 63.3 Å². The van der Waals surface area contributed by atoms with Gasteiger partial charge in [-0.3, -0.25) is 10.1 Å². The van der Waals surface area contributed by atoms with Gasteiger partial charge in [0.05, 0.1) is 12.4 Å². The summed E-state index contributed by atoms with van der Waals surface area (Å²) in [6, 6.07) is 13.6. The van der Waals surface area contributed by atoms with Crippen molar-refractivity contribution in [3.63, 3.8) is 0 Å². The average Bonchev–Trinajstić information content (AvgIpc) is 3.34. The Bertz CT molecular complexity index is 1540. The Hall–Kier alpha value is -3.80. The molecule has 36 heavy (non-hydrogen) atoms. The number of nitriles is 1. The second kappa shape index (κ2) is 11.3. The third-order valence-electron chi connectivity index (χ3n) is 4.45. The first kappa shape index (κ1) is 26.8. The number of sulfone groups is 1. The summed E-state index contributed by atoms with van der Waals surface area (Å²) >= 11 is 0.669. The molecule has 0 saturated heterocycles. The molecule has 0 bridgehead atoms. The lowest BCUT2D eigenvalue weighted by atomic mass is 10.1. The van der Waals surface area contributed by atoms with E-state index >= 15 is 0 Å². The maximum Gasteiger partial charge on any atom is 0.339 e. The van der Waals surface area contributed by atoms with Gasteiger partial charge in [0.15, 0.2) is 11.5 Å². The molecular formula is C22H20N4O7S3. The maximum atomic E-state index is 12.6. The zero-order valence-corrected chi connectivity index (χ0v) is 21.5. The third kappa shape index (κ3) is 6.45. The van der Waals surface area contributed by atoms with E-state index in [2.05, 4.69) is 15.5 Å². The molecule has 0 aliphatic heterocycles. The monoisotopic (exact) mass is 548 g/mol. The van der Waals surface area contributed by atoms with Gasteiger partial charge in [-0.25, -0.2) is 8.42 Å². The van der Waals surface area contributed by atoms with Crippen LogP contribution in [-0.4, -0.2) is 45.3 Å². The predicted octanol–water partition coefficient (Wildman–Crippen LogP) is 3.04. The number of nitrogens with zero attached hydrogens (tertiary/aromatic N) is 3. The van der Waals surface area contributed by atoms with Crippen molar-refractivity contribution in [2.45, 2.75) is 23.1 Å². The number of benzene rings is 2. The lowest BCUT2D eigenvalue weighted by Crippen LogP contribution is -2.13. The van der Waals surface area contributed by atoms with Crippen molar-refractivity contribution >= 4 is 48.4 Å². The van der Waals surface area contributed by atoms with Crippen molar-refractivity contribution < 1.29 is 30.6 Å². The Morgan fingerprint density at radius 1 is 1.08 bits per heavy atom. The van der Waals surface area contributed by atoms with Crippen LogP contribution in [-0.2, 0) is 24.7 Å². The van der Waals surface area contributed by atoms with Crippen LogP contribution >= 0.6 is 11.3 Å². The summed E-state index contributed by atoms with van der Waals surface area (Å²) in [5, 5.41) is 18.9. The minimum absolute atomic E-state index is 0.0357. The first-order chi connectivity index (χ1) is 17.1. The number of amides is 1.